The predicted molar refractivity (Wildman–Crippen MR) is 57.8 cm³/mol. The van der Waals surface area contributed by atoms with Gasteiger partial charge in [0.1, 0.15) is 0 Å². The Labute approximate surface area is 86.7 Å². The molecule has 1 heterocycles. The first-order chi connectivity index (χ1) is 6.74. The third-order valence-electron chi connectivity index (χ3n) is 1.91. The molecule has 0 fully saturated rings. The van der Waals surface area contributed by atoms with Gasteiger partial charge in [-0.05, 0) is 12.1 Å². The second kappa shape index (κ2) is 5.85. The van der Waals surface area contributed by atoms with Crippen molar-refractivity contribution >= 4 is 11.0 Å². The summed E-state index contributed by atoms with van der Waals surface area (Å²) in [6.45, 7) is 0.993. The molecule has 1 aromatic heterocycles. The molecular formula is C9H15N3OS. The Kier molecular flexibility index (Phi) is 4.72. The summed E-state index contributed by atoms with van der Waals surface area (Å²) < 4.78 is 12.8. The third kappa shape index (κ3) is 3.53. The Bertz CT molecular complexity index is 291. The summed E-state index contributed by atoms with van der Waals surface area (Å²) in [5.74, 6) is 0. The minimum Gasteiger partial charge on any atom is -0.318 e. The van der Waals surface area contributed by atoms with E-state index in [1.54, 1.807) is 16.8 Å². The van der Waals surface area contributed by atoms with Gasteiger partial charge in [0, 0.05) is 31.1 Å². The van der Waals surface area contributed by atoms with E-state index in [-0.39, 0.29) is 0 Å². The number of pyridine rings is 1. The second-order valence-corrected chi connectivity index (χ2v) is 4.25. The Morgan fingerprint density at radius 1 is 1.57 bits per heavy atom. The molecule has 5 heteroatoms. The van der Waals surface area contributed by atoms with E-state index < -0.39 is 11.0 Å². The molecule has 1 atom stereocenters. The van der Waals surface area contributed by atoms with Crippen molar-refractivity contribution in [2.75, 3.05) is 19.5 Å². The molecule has 0 aromatic carbocycles. The largest absolute Gasteiger partial charge is 0.318 e. The molecule has 1 aromatic rings. The highest BCUT2D eigenvalue weighted by molar-refractivity contribution is 7.81. The average Bonchev–Trinajstić information content (AvgIpc) is 2.20. The van der Waals surface area contributed by atoms with E-state index in [2.05, 4.69) is 4.98 Å². The van der Waals surface area contributed by atoms with Crippen LogP contribution in [0.3, 0.4) is 0 Å². The summed E-state index contributed by atoms with van der Waals surface area (Å²) in [6, 6.07) is 5.77. The summed E-state index contributed by atoms with van der Waals surface area (Å²) in [5.41, 5.74) is 6.45. The van der Waals surface area contributed by atoms with Crippen molar-refractivity contribution in [2.24, 2.45) is 5.73 Å². The molecule has 1 unspecified atom stereocenters. The maximum atomic E-state index is 11.1. The molecule has 4 nitrogen and oxygen atoms in total. The highest BCUT2D eigenvalue weighted by Gasteiger charge is 2.06. The van der Waals surface area contributed by atoms with Crippen LogP contribution in [0.1, 0.15) is 5.69 Å². The summed E-state index contributed by atoms with van der Waals surface area (Å²) in [5, 5.41) is 0. The van der Waals surface area contributed by atoms with E-state index in [1.165, 1.54) is 0 Å². The molecule has 14 heavy (non-hydrogen) atoms. The minimum absolute atomic E-state index is 0.315. The van der Waals surface area contributed by atoms with Gasteiger partial charge in [0.05, 0.1) is 17.7 Å². The number of nitrogens with two attached hydrogens (primary N) is 1. The Morgan fingerprint density at radius 3 is 2.86 bits per heavy atom. The van der Waals surface area contributed by atoms with Gasteiger partial charge in [-0.25, -0.2) is 8.51 Å². The molecular weight excluding hydrogens is 198 g/mol. The predicted octanol–water partition coefficient (Wildman–Crippen LogP) is 0.136. The normalized spacial score (nSPS) is 13.1. The lowest BCUT2D eigenvalue weighted by atomic mass is 10.3. The van der Waals surface area contributed by atoms with Crippen LogP contribution in [0, 0.1) is 0 Å². The molecule has 1 rings (SSSR count). The number of rotatable bonds is 5. The highest BCUT2D eigenvalue weighted by atomic mass is 32.2. The van der Waals surface area contributed by atoms with Gasteiger partial charge >= 0.3 is 0 Å². The fourth-order valence-electron chi connectivity index (χ4n) is 1.11. The Morgan fingerprint density at radius 2 is 2.36 bits per heavy atom. The van der Waals surface area contributed by atoms with Crippen LogP contribution in [0.25, 0.3) is 0 Å². The highest BCUT2D eigenvalue weighted by Crippen LogP contribution is 1.98. The lowest BCUT2D eigenvalue weighted by molar-refractivity contribution is 0.461. The van der Waals surface area contributed by atoms with E-state index in [0.29, 0.717) is 13.2 Å². The molecule has 0 bridgehead atoms. The molecule has 0 aliphatic rings. The molecule has 0 radical (unpaired) electrons. The van der Waals surface area contributed by atoms with Gasteiger partial charge < -0.3 is 5.73 Å². The second-order valence-electron chi connectivity index (χ2n) is 2.88. The first-order valence-electron chi connectivity index (χ1n) is 4.42. The smallest absolute Gasteiger partial charge is 0.0922 e. The molecule has 0 saturated carbocycles. The zero-order chi connectivity index (χ0) is 10.4. The monoisotopic (exact) mass is 213 g/mol. The summed E-state index contributed by atoms with van der Waals surface area (Å²) >= 11 is 0. The van der Waals surface area contributed by atoms with Crippen molar-refractivity contribution in [3.8, 4) is 0 Å². The van der Waals surface area contributed by atoms with Crippen LogP contribution < -0.4 is 5.73 Å². The zero-order valence-corrected chi connectivity index (χ0v) is 9.04. The van der Waals surface area contributed by atoms with Crippen LogP contribution in [0.15, 0.2) is 24.4 Å². The quantitative estimate of drug-likeness (QED) is 0.708. The van der Waals surface area contributed by atoms with Crippen molar-refractivity contribution in [1.82, 2.24) is 9.29 Å². The van der Waals surface area contributed by atoms with Crippen LogP contribution in [-0.2, 0) is 17.4 Å². The maximum absolute atomic E-state index is 11.1. The summed E-state index contributed by atoms with van der Waals surface area (Å²) in [7, 11) is -0.996. The van der Waals surface area contributed by atoms with Crippen LogP contribution in [0.5, 0.6) is 0 Å². The fraction of sp³-hybridized carbons (Fsp3) is 0.444. The Balaban J connectivity index is 2.44. The lowest BCUT2D eigenvalue weighted by Gasteiger charge is -2.15. The van der Waals surface area contributed by atoms with E-state index in [0.717, 1.165) is 12.1 Å². The number of aromatic nitrogens is 1. The summed E-state index contributed by atoms with van der Waals surface area (Å²) in [6.07, 6.45) is 4.16. The Hall–Kier alpha value is -0.780. The molecule has 2 N–H and O–H groups in total. The van der Waals surface area contributed by atoms with Crippen LogP contribution >= 0.6 is 0 Å². The van der Waals surface area contributed by atoms with E-state index in [9.17, 15) is 4.21 Å². The van der Waals surface area contributed by atoms with Crippen molar-refractivity contribution in [1.29, 1.82) is 0 Å². The lowest BCUT2D eigenvalue weighted by Crippen LogP contribution is -2.33. The SMILES string of the molecule is CS(=O)N(CN)CCc1ccccn1. The van der Waals surface area contributed by atoms with Crippen LogP contribution in [-0.4, -0.2) is 33.0 Å². The minimum atomic E-state index is -0.996. The van der Waals surface area contributed by atoms with E-state index >= 15 is 0 Å². The topological polar surface area (TPSA) is 59.2 Å². The van der Waals surface area contributed by atoms with Gasteiger partial charge in [0.2, 0.25) is 0 Å². The maximum Gasteiger partial charge on any atom is 0.0922 e. The van der Waals surface area contributed by atoms with Gasteiger partial charge in [0.25, 0.3) is 0 Å². The number of hydrogen-bond donors (Lipinski definition) is 1. The number of hydrogen-bond acceptors (Lipinski definition) is 3. The first-order valence-corrected chi connectivity index (χ1v) is 5.94. The molecule has 0 amide bonds. The standard InChI is InChI=1S/C9H15N3OS/c1-14(13)12(8-10)7-5-9-4-2-3-6-11-9/h2-4,6H,5,7-8,10H2,1H3. The van der Waals surface area contributed by atoms with Crippen LogP contribution in [0.2, 0.25) is 0 Å². The zero-order valence-electron chi connectivity index (χ0n) is 8.22. The van der Waals surface area contributed by atoms with Gasteiger partial charge in [-0.15, -0.1) is 0 Å². The van der Waals surface area contributed by atoms with Gasteiger partial charge in [0.15, 0.2) is 0 Å². The van der Waals surface area contributed by atoms with Gasteiger partial charge in [-0.1, -0.05) is 6.07 Å². The molecule has 0 spiro atoms. The van der Waals surface area contributed by atoms with Crippen molar-refractivity contribution in [3.63, 3.8) is 0 Å². The van der Waals surface area contributed by atoms with Gasteiger partial charge in [-0.2, -0.15) is 0 Å². The molecule has 0 aliphatic carbocycles. The fourth-order valence-corrected chi connectivity index (χ4v) is 1.67. The third-order valence-corrected chi connectivity index (χ3v) is 2.97. The first kappa shape index (κ1) is 11.3. The van der Waals surface area contributed by atoms with E-state index in [4.69, 9.17) is 5.73 Å². The molecule has 78 valence electrons. The molecule has 0 saturated heterocycles. The van der Waals surface area contributed by atoms with Crippen molar-refractivity contribution in [2.45, 2.75) is 6.42 Å². The summed E-state index contributed by atoms with van der Waals surface area (Å²) in [4.78, 5) is 4.18. The van der Waals surface area contributed by atoms with Crippen molar-refractivity contribution < 1.29 is 4.21 Å². The number of nitrogens with zero attached hydrogens (tertiary/aromatic N) is 2. The van der Waals surface area contributed by atoms with Crippen molar-refractivity contribution in [3.05, 3.63) is 30.1 Å². The van der Waals surface area contributed by atoms with Gasteiger partial charge in [-0.3, -0.25) is 4.98 Å². The van der Waals surface area contributed by atoms with Crippen LogP contribution in [0.4, 0.5) is 0 Å². The van der Waals surface area contributed by atoms with E-state index in [1.807, 2.05) is 18.2 Å². The average molecular weight is 213 g/mol. The molecule has 0 aliphatic heterocycles.